The van der Waals surface area contributed by atoms with Gasteiger partial charge in [-0.25, -0.2) is 4.79 Å². The van der Waals surface area contributed by atoms with E-state index in [0.29, 0.717) is 18.6 Å². The quantitative estimate of drug-likeness (QED) is 0.726. The predicted octanol–water partition coefficient (Wildman–Crippen LogP) is 3.20. The number of nitrogens with zero attached hydrogens (tertiary/aromatic N) is 1. The van der Waals surface area contributed by atoms with E-state index in [1.165, 1.54) is 11.1 Å². The number of urea groups is 1. The maximum Gasteiger partial charge on any atom is 0.325 e. The number of carbonyl (C=O) groups excluding carboxylic acids is 2. The van der Waals surface area contributed by atoms with Gasteiger partial charge < -0.3 is 15.2 Å². The minimum absolute atomic E-state index is 0.00174. The lowest BCUT2D eigenvalue weighted by Crippen LogP contribution is -2.51. The summed E-state index contributed by atoms with van der Waals surface area (Å²) in [5.41, 5.74) is 2.65. The lowest BCUT2D eigenvalue weighted by molar-refractivity contribution is -0.132. The Bertz CT molecular complexity index is 980. The van der Waals surface area contributed by atoms with Crippen molar-refractivity contribution in [3.63, 3.8) is 0 Å². The van der Waals surface area contributed by atoms with Gasteiger partial charge in [0.1, 0.15) is 24.0 Å². The molecule has 2 unspecified atom stereocenters. The Labute approximate surface area is 183 Å². The summed E-state index contributed by atoms with van der Waals surface area (Å²) in [4.78, 5) is 26.8. The molecule has 6 heteroatoms. The zero-order chi connectivity index (χ0) is 22.2. The van der Waals surface area contributed by atoms with Crippen molar-refractivity contribution in [3.8, 4) is 5.75 Å². The number of nitrogens with one attached hydrogen (secondary N) is 1. The van der Waals surface area contributed by atoms with Crippen molar-refractivity contribution in [2.75, 3.05) is 13.2 Å². The maximum absolute atomic E-state index is 13.1. The molecule has 6 nitrogen and oxygen atoms in total. The second kappa shape index (κ2) is 8.00. The third kappa shape index (κ3) is 4.30. The van der Waals surface area contributed by atoms with Crippen molar-refractivity contribution >= 4 is 11.9 Å². The predicted molar refractivity (Wildman–Crippen MR) is 118 cm³/mol. The first-order valence-corrected chi connectivity index (χ1v) is 10.8. The zero-order valence-corrected chi connectivity index (χ0v) is 18.4. The molecular weight excluding hydrogens is 392 g/mol. The minimum atomic E-state index is -0.969. The van der Waals surface area contributed by atoms with Crippen molar-refractivity contribution in [1.82, 2.24) is 10.2 Å². The van der Waals surface area contributed by atoms with Gasteiger partial charge in [0.25, 0.3) is 5.91 Å². The van der Waals surface area contributed by atoms with Gasteiger partial charge in [-0.05, 0) is 47.1 Å². The monoisotopic (exact) mass is 422 g/mol. The number of ether oxygens (including phenoxy) is 1. The van der Waals surface area contributed by atoms with Crippen LogP contribution in [0.3, 0.4) is 0 Å². The molecule has 1 aliphatic carbocycles. The number of fused-ring (bicyclic) bond motifs is 1. The number of hydrogen-bond donors (Lipinski definition) is 2. The first kappa shape index (κ1) is 21.4. The first-order chi connectivity index (χ1) is 14.7. The first-order valence-electron chi connectivity index (χ1n) is 10.8. The number of benzene rings is 2. The molecule has 2 atom stereocenters. The number of rotatable bonds is 5. The molecule has 164 valence electrons. The second-order valence-electron chi connectivity index (χ2n) is 9.61. The summed E-state index contributed by atoms with van der Waals surface area (Å²) in [6.45, 7) is 6.34. The van der Waals surface area contributed by atoms with Crippen LogP contribution in [0, 0.1) is 0 Å². The minimum Gasteiger partial charge on any atom is -0.491 e. The fraction of sp³-hybridized carbons (Fsp3) is 0.440. The highest BCUT2D eigenvalue weighted by Crippen LogP contribution is 2.33. The van der Waals surface area contributed by atoms with Crippen LogP contribution >= 0.6 is 0 Å². The van der Waals surface area contributed by atoms with Crippen molar-refractivity contribution in [2.45, 2.75) is 57.1 Å². The van der Waals surface area contributed by atoms with Crippen molar-refractivity contribution in [2.24, 2.45) is 0 Å². The van der Waals surface area contributed by atoms with E-state index in [-0.39, 0.29) is 24.5 Å². The molecule has 3 amide bonds. The number of β-amino-alcohol motifs (C(OH)–C–C–N with tert-alkyl or cyclic N) is 1. The molecule has 2 aromatic rings. The molecule has 1 spiro atoms. The van der Waals surface area contributed by atoms with E-state index < -0.39 is 17.7 Å². The normalized spacial score (nSPS) is 21.7. The largest absolute Gasteiger partial charge is 0.491 e. The van der Waals surface area contributed by atoms with E-state index in [2.05, 4.69) is 32.2 Å². The van der Waals surface area contributed by atoms with Gasteiger partial charge in [0.15, 0.2) is 0 Å². The van der Waals surface area contributed by atoms with Crippen LogP contribution in [0.25, 0.3) is 0 Å². The fourth-order valence-electron chi connectivity index (χ4n) is 4.37. The summed E-state index contributed by atoms with van der Waals surface area (Å²) in [6.07, 6.45) is 0.823. The third-order valence-electron chi connectivity index (χ3n) is 6.23. The maximum atomic E-state index is 13.1. The van der Waals surface area contributed by atoms with E-state index >= 15 is 0 Å². The van der Waals surface area contributed by atoms with Gasteiger partial charge >= 0.3 is 6.03 Å². The molecule has 1 heterocycles. The van der Waals surface area contributed by atoms with E-state index in [1.54, 1.807) is 0 Å². The lowest BCUT2D eigenvalue weighted by atomic mass is 9.78. The number of aliphatic hydroxyl groups is 1. The average Bonchev–Trinajstić information content (AvgIpc) is 2.95. The number of carbonyl (C=O) groups is 2. The summed E-state index contributed by atoms with van der Waals surface area (Å²) < 4.78 is 5.68. The molecule has 2 aromatic carbocycles. The van der Waals surface area contributed by atoms with Gasteiger partial charge in [-0.3, -0.25) is 9.69 Å². The SMILES string of the molecule is CC(C)(C)c1ccc(OCC(O)CN2C(=O)NC3(CCc4ccccc4C3)C2=O)cc1. The molecule has 31 heavy (non-hydrogen) atoms. The second-order valence-corrected chi connectivity index (χ2v) is 9.61. The summed E-state index contributed by atoms with van der Waals surface area (Å²) >= 11 is 0. The molecule has 0 aromatic heterocycles. The fourth-order valence-corrected chi connectivity index (χ4v) is 4.37. The van der Waals surface area contributed by atoms with E-state index in [9.17, 15) is 14.7 Å². The number of amides is 3. The highest BCUT2D eigenvalue weighted by molar-refractivity contribution is 6.07. The third-order valence-corrected chi connectivity index (χ3v) is 6.23. The Kier molecular flexibility index (Phi) is 5.52. The summed E-state index contributed by atoms with van der Waals surface area (Å²) in [5.74, 6) is 0.380. The Morgan fingerprint density at radius 1 is 1.10 bits per heavy atom. The van der Waals surface area contributed by atoms with E-state index in [1.807, 2.05) is 42.5 Å². The Morgan fingerprint density at radius 2 is 1.77 bits per heavy atom. The molecule has 1 aliphatic heterocycles. The number of aliphatic hydroxyl groups excluding tert-OH is 1. The molecular formula is C25H30N2O4. The van der Waals surface area contributed by atoms with Gasteiger partial charge in [-0.2, -0.15) is 0 Å². The summed E-state index contributed by atoms with van der Waals surface area (Å²) in [5, 5.41) is 13.3. The number of imide groups is 1. The smallest absolute Gasteiger partial charge is 0.325 e. The van der Waals surface area contributed by atoms with Gasteiger partial charge in [0, 0.05) is 6.42 Å². The highest BCUT2D eigenvalue weighted by atomic mass is 16.5. The van der Waals surface area contributed by atoms with Crippen LogP contribution in [0.4, 0.5) is 4.79 Å². The van der Waals surface area contributed by atoms with E-state index in [4.69, 9.17) is 4.74 Å². The van der Waals surface area contributed by atoms with Crippen LogP contribution in [0.2, 0.25) is 0 Å². The number of hydrogen-bond acceptors (Lipinski definition) is 4. The molecule has 2 N–H and O–H groups in total. The molecule has 0 radical (unpaired) electrons. The Hall–Kier alpha value is -2.86. The van der Waals surface area contributed by atoms with Crippen LogP contribution in [0.1, 0.15) is 43.9 Å². The van der Waals surface area contributed by atoms with Gasteiger partial charge in [0.2, 0.25) is 0 Å². The van der Waals surface area contributed by atoms with Crippen molar-refractivity contribution in [3.05, 3.63) is 65.2 Å². The summed E-state index contributed by atoms with van der Waals surface area (Å²) in [7, 11) is 0. The molecule has 4 rings (SSSR count). The van der Waals surface area contributed by atoms with Crippen LogP contribution in [0.5, 0.6) is 5.75 Å². The van der Waals surface area contributed by atoms with Crippen molar-refractivity contribution in [1.29, 1.82) is 0 Å². The topological polar surface area (TPSA) is 78.9 Å². The van der Waals surface area contributed by atoms with Gasteiger partial charge in [-0.1, -0.05) is 57.2 Å². The van der Waals surface area contributed by atoms with Crippen molar-refractivity contribution < 1.29 is 19.4 Å². The van der Waals surface area contributed by atoms with Gasteiger partial charge in [-0.15, -0.1) is 0 Å². The molecule has 2 aliphatic rings. The lowest BCUT2D eigenvalue weighted by Gasteiger charge is -2.32. The Balaban J connectivity index is 1.36. The number of aryl methyl sites for hydroxylation is 1. The zero-order valence-electron chi connectivity index (χ0n) is 18.4. The molecule has 0 saturated carbocycles. The molecule has 0 bridgehead atoms. The van der Waals surface area contributed by atoms with E-state index in [0.717, 1.165) is 16.9 Å². The molecule has 1 fully saturated rings. The Morgan fingerprint density at radius 3 is 2.45 bits per heavy atom. The van der Waals surface area contributed by atoms with Crippen LogP contribution in [0.15, 0.2) is 48.5 Å². The standard InChI is InChI=1S/C25H30N2O4/c1-24(2,3)19-8-10-21(11-9-19)31-16-20(28)15-27-22(29)25(26-23(27)30)13-12-17-6-4-5-7-18(17)14-25/h4-11,20,28H,12-16H2,1-3H3,(H,26,30). The van der Waals surface area contributed by atoms with Crippen LogP contribution in [-0.2, 0) is 23.1 Å². The average molecular weight is 423 g/mol. The van der Waals surface area contributed by atoms with Gasteiger partial charge in [0.05, 0.1) is 6.54 Å². The van der Waals surface area contributed by atoms with Crippen LogP contribution in [-0.4, -0.2) is 46.7 Å². The highest BCUT2D eigenvalue weighted by Gasteiger charge is 2.52. The summed E-state index contributed by atoms with van der Waals surface area (Å²) in [6, 6.07) is 15.3. The van der Waals surface area contributed by atoms with Crippen LogP contribution < -0.4 is 10.1 Å². The molecule has 1 saturated heterocycles.